The summed E-state index contributed by atoms with van der Waals surface area (Å²) in [5, 5.41) is 3.08. The van der Waals surface area contributed by atoms with Crippen molar-refractivity contribution in [1.29, 1.82) is 0 Å². The number of nitrogens with one attached hydrogen (secondary N) is 1. The molecule has 3 rings (SSSR count). The van der Waals surface area contributed by atoms with Crippen molar-refractivity contribution in [3.05, 3.63) is 77.5 Å². The van der Waals surface area contributed by atoms with Gasteiger partial charge in [0.25, 0.3) is 0 Å². The second-order valence-corrected chi connectivity index (χ2v) is 5.64. The van der Waals surface area contributed by atoms with Gasteiger partial charge in [-0.15, -0.1) is 0 Å². The van der Waals surface area contributed by atoms with Crippen molar-refractivity contribution >= 4 is 11.3 Å². The molecule has 0 saturated carbocycles. The van der Waals surface area contributed by atoms with Crippen LogP contribution in [0.1, 0.15) is 30.9 Å². The number of halogens is 2. The van der Waals surface area contributed by atoms with Gasteiger partial charge in [-0.3, -0.25) is 0 Å². The molecule has 0 bridgehead atoms. The van der Waals surface area contributed by atoms with Crippen molar-refractivity contribution in [2.75, 3.05) is 6.61 Å². The SMILES string of the molecule is C=C1CCC(c2ccccc2)=C(c2c(F)cc(OCC)cc2F)N1. The largest absolute Gasteiger partial charge is 0.494 e. The van der Waals surface area contributed by atoms with Crippen LogP contribution < -0.4 is 10.1 Å². The van der Waals surface area contributed by atoms with Gasteiger partial charge < -0.3 is 10.1 Å². The summed E-state index contributed by atoms with van der Waals surface area (Å²) in [6.45, 7) is 6.03. The second-order valence-electron chi connectivity index (χ2n) is 5.64. The lowest BCUT2D eigenvalue weighted by Gasteiger charge is -2.25. The molecular formula is C20H19F2NO. The Kier molecular flexibility index (Phi) is 4.65. The molecule has 0 saturated heterocycles. The molecule has 1 N–H and O–H groups in total. The second kappa shape index (κ2) is 6.87. The van der Waals surface area contributed by atoms with E-state index in [0.29, 0.717) is 18.7 Å². The molecule has 2 nitrogen and oxygen atoms in total. The maximum absolute atomic E-state index is 14.6. The Morgan fingerprint density at radius 3 is 2.38 bits per heavy atom. The van der Waals surface area contributed by atoms with Crippen LogP contribution in [0.15, 0.2) is 54.7 Å². The topological polar surface area (TPSA) is 21.3 Å². The summed E-state index contributed by atoms with van der Waals surface area (Å²) in [6.07, 6.45) is 1.41. The molecule has 0 aromatic heterocycles. The van der Waals surface area contributed by atoms with Crippen LogP contribution in [0.3, 0.4) is 0 Å². The molecule has 0 radical (unpaired) electrons. The summed E-state index contributed by atoms with van der Waals surface area (Å²) < 4.78 is 34.4. The summed E-state index contributed by atoms with van der Waals surface area (Å²) in [6, 6.07) is 12.1. The van der Waals surface area contributed by atoms with Gasteiger partial charge in [0.05, 0.1) is 17.9 Å². The van der Waals surface area contributed by atoms with Gasteiger partial charge in [-0.2, -0.15) is 0 Å². The summed E-state index contributed by atoms with van der Waals surface area (Å²) in [5.74, 6) is -1.11. The molecule has 124 valence electrons. The van der Waals surface area contributed by atoms with E-state index in [1.807, 2.05) is 30.3 Å². The molecule has 0 aliphatic carbocycles. The monoisotopic (exact) mass is 327 g/mol. The van der Waals surface area contributed by atoms with E-state index in [9.17, 15) is 8.78 Å². The predicted octanol–water partition coefficient (Wildman–Crippen LogP) is 5.13. The number of allylic oxidation sites excluding steroid dienone is 2. The maximum atomic E-state index is 14.6. The minimum atomic E-state index is -0.649. The maximum Gasteiger partial charge on any atom is 0.139 e. The Morgan fingerprint density at radius 2 is 1.75 bits per heavy atom. The van der Waals surface area contributed by atoms with Crippen LogP contribution in [0, 0.1) is 11.6 Å². The van der Waals surface area contributed by atoms with Gasteiger partial charge in [0, 0.05) is 17.8 Å². The van der Waals surface area contributed by atoms with Crippen molar-refractivity contribution in [3.8, 4) is 5.75 Å². The lowest BCUT2D eigenvalue weighted by atomic mass is 9.91. The molecule has 1 aliphatic rings. The first-order chi connectivity index (χ1) is 11.6. The van der Waals surface area contributed by atoms with E-state index >= 15 is 0 Å². The summed E-state index contributed by atoms with van der Waals surface area (Å²) in [7, 11) is 0. The molecule has 0 fully saturated rings. The van der Waals surface area contributed by atoms with Gasteiger partial charge in [0.1, 0.15) is 17.4 Å². The summed E-state index contributed by atoms with van der Waals surface area (Å²) in [5.41, 5.74) is 2.94. The average molecular weight is 327 g/mol. The predicted molar refractivity (Wildman–Crippen MR) is 92.3 cm³/mol. The van der Waals surface area contributed by atoms with Crippen LogP contribution in [0.2, 0.25) is 0 Å². The van der Waals surface area contributed by atoms with Gasteiger partial charge in [0.15, 0.2) is 0 Å². The number of benzene rings is 2. The minimum Gasteiger partial charge on any atom is -0.494 e. The average Bonchev–Trinajstić information content (AvgIpc) is 2.55. The van der Waals surface area contributed by atoms with E-state index in [2.05, 4.69) is 11.9 Å². The summed E-state index contributed by atoms with van der Waals surface area (Å²) in [4.78, 5) is 0. The molecule has 24 heavy (non-hydrogen) atoms. The zero-order valence-corrected chi connectivity index (χ0v) is 13.5. The molecule has 1 heterocycles. The number of rotatable bonds is 4. The van der Waals surface area contributed by atoms with Crippen LogP contribution in [0.5, 0.6) is 5.75 Å². The van der Waals surface area contributed by atoms with Crippen molar-refractivity contribution in [2.24, 2.45) is 0 Å². The molecule has 4 heteroatoms. The van der Waals surface area contributed by atoms with Crippen LogP contribution in [-0.2, 0) is 0 Å². The van der Waals surface area contributed by atoms with E-state index in [-0.39, 0.29) is 11.3 Å². The lowest BCUT2D eigenvalue weighted by molar-refractivity contribution is 0.335. The van der Waals surface area contributed by atoms with E-state index in [1.165, 1.54) is 12.1 Å². The first-order valence-corrected chi connectivity index (χ1v) is 7.95. The Morgan fingerprint density at radius 1 is 1.08 bits per heavy atom. The number of hydrogen-bond acceptors (Lipinski definition) is 2. The Hall–Kier alpha value is -2.62. The molecule has 2 aromatic rings. The number of hydrogen-bond donors (Lipinski definition) is 1. The van der Waals surface area contributed by atoms with Crippen molar-refractivity contribution in [2.45, 2.75) is 19.8 Å². The standard InChI is InChI=1S/C20H19F2NO/c1-3-24-15-11-17(21)19(18(22)12-15)20-16(10-9-13(2)23-20)14-7-5-4-6-8-14/h4-8,11-12,23H,2-3,9-10H2,1H3. The van der Waals surface area contributed by atoms with Crippen molar-refractivity contribution < 1.29 is 13.5 Å². The van der Waals surface area contributed by atoms with Gasteiger partial charge in [-0.1, -0.05) is 36.9 Å². The third-order valence-electron chi connectivity index (χ3n) is 3.98. The van der Waals surface area contributed by atoms with Crippen molar-refractivity contribution in [1.82, 2.24) is 5.32 Å². The fourth-order valence-electron chi connectivity index (χ4n) is 2.90. The van der Waals surface area contributed by atoms with Crippen LogP contribution >= 0.6 is 0 Å². The third-order valence-corrected chi connectivity index (χ3v) is 3.98. The smallest absolute Gasteiger partial charge is 0.139 e. The lowest BCUT2D eigenvalue weighted by Crippen LogP contribution is -2.19. The van der Waals surface area contributed by atoms with Crippen LogP contribution in [0.4, 0.5) is 8.78 Å². The van der Waals surface area contributed by atoms with E-state index < -0.39 is 11.6 Å². The molecule has 0 unspecified atom stereocenters. The van der Waals surface area contributed by atoms with Crippen LogP contribution in [-0.4, -0.2) is 6.61 Å². The quantitative estimate of drug-likeness (QED) is 0.840. The molecule has 0 atom stereocenters. The van der Waals surface area contributed by atoms with Gasteiger partial charge in [-0.05, 0) is 30.9 Å². The Labute approximate surface area is 140 Å². The van der Waals surface area contributed by atoms with Gasteiger partial charge in [0.2, 0.25) is 0 Å². The minimum absolute atomic E-state index is 0.0712. The molecular weight excluding hydrogens is 308 g/mol. The van der Waals surface area contributed by atoms with E-state index in [0.717, 1.165) is 23.3 Å². The molecule has 2 aromatic carbocycles. The number of ether oxygens (including phenoxy) is 1. The highest BCUT2D eigenvalue weighted by atomic mass is 19.1. The fraction of sp³-hybridized carbons (Fsp3) is 0.200. The zero-order chi connectivity index (χ0) is 17.1. The summed E-state index contributed by atoms with van der Waals surface area (Å²) >= 11 is 0. The first-order valence-electron chi connectivity index (χ1n) is 7.95. The van der Waals surface area contributed by atoms with E-state index in [4.69, 9.17) is 4.74 Å². The molecule has 0 spiro atoms. The third kappa shape index (κ3) is 3.18. The fourth-order valence-corrected chi connectivity index (χ4v) is 2.90. The molecule has 1 aliphatic heterocycles. The Bertz CT molecular complexity index is 774. The Balaban J connectivity index is 2.16. The van der Waals surface area contributed by atoms with Gasteiger partial charge >= 0.3 is 0 Å². The first kappa shape index (κ1) is 16.2. The highest BCUT2D eigenvalue weighted by molar-refractivity contribution is 5.92. The van der Waals surface area contributed by atoms with Crippen LogP contribution in [0.25, 0.3) is 11.3 Å². The van der Waals surface area contributed by atoms with Gasteiger partial charge in [-0.25, -0.2) is 8.78 Å². The zero-order valence-electron chi connectivity index (χ0n) is 13.5. The molecule has 0 amide bonds. The normalized spacial score (nSPS) is 14.5. The highest BCUT2D eigenvalue weighted by Gasteiger charge is 2.23. The highest BCUT2D eigenvalue weighted by Crippen LogP contribution is 2.36. The van der Waals surface area contributed by atoms with E-state index in [1.54, 1.807) is 6.92 Å². The van der Waals surface area contributed by atoms with Crippen molar-refractivity contribution in [3.63, 3.8) is 0 Å².